The second kappa shape index (κ2) is 7.08. The van der Waals surface area contributed by atoms with E-state index < -0.39 is 5.97 Å². The third kappa shape index (κ3) is 4.51. The second-order valence-corrected chi connectivity index (χ2v) is 5.12. The summed E-state index contributed by atoms with van der Waals surface area (Å²) < 4.78 is 0. The van der Waals surface area contributed by atoms with Crippen LogP contribution in [0.4, 0.5) is 10.5 Å². The number of carbonyl (C=O) groups is 2. The number of aromatic nitrogens is 1. The van der Waals surface area contributed by atoms with Crippen molar-refractivity contribution in [2.75, 3.05) is 17.3 Å². The number of aryl methyl sites for hydroxylation is 1. The summed E-state index contributed by atoms with van der Waals surface area (Å²) in [5.74, 6) is -0.276. The minimum Gasteiger partial charge on any atom is -0.477 e. The number of thioether (sulfide) groups is 1. The van der Waals surface area contributed by atoms with Crippen LogP contribution in [0, 0.1) is 6.92 Å². The number of hydrogen-bond acceptors (Lipinski definition) is 3. The average Bonchev–Trinajstić information content (AvgIpc) is 2.69. The lowest BCUT2D eigenvalue weighted by Gasteiger charge is -2.16. The Morgan fingerprint density at radius 3 is 2.74 bits per heavy atom. The van der Waals surface area contributed by atoms with Crippen molar-refractivity contribution < 1.29 is 14.7 Å². The number of amides is 2. The molecule has 0 radical (unpaired) electrons. The van der Waals surface area contributed by atoms with Gasteiger partial charge in [-0.05, 0) is 25.7 Å². The SMILES string of the molecule is CCC(CSC)NC(=O)Nc1cc(C)[nH]c1C(=O)O. The number of aromatic amines is 1. The van der Waals surface area contributed by atoms with Crippen molar-refractivity contribution >= 4 is 29.4 Å². The van der Waals surface area contributed by atoms with E-state index in [0.29, 0.717) is 5.69 Å². The summed E-state index contributed by atoms with van der Waals surface area (Å²) in [7, 11) is 0. The van der Waals surface area contributed by atoms with Crippen LogP contribution in [0.2, 0.25) is 0 Å². The molecule has 0 saturated heterocycles. The fraction of sp³-hybridized carbons (Fsp3) is 0.500. The first kappa shape index (κ1) is 15.4. The van der Waals surface area contributed by atoms with Crippen LogP contribution in [0.1, 0.15) is 29.5 Å². The van der Waals surface area contributed by atoms with E-state index >= 15 is 0 Å². The number of H-pyrrole nitrogens is 1. The molecule has 0 aliphatic heterocycles. The number of urea groups is 1. The molecule has 6 nitrogen and oxygen atoms in total. The molecule has 1 aromatic heterocycles. The van der Waals surface area contributed by atoms with Crippen molar-refractivity contribution in [3.63, 3.8) is 0 Å². The van der Waals surface area contributed by atoms with Gasteiger partial charge in [-0.15, -0.1) is 0 Å². The van der Waals surface area contributed by atoms with Crippen LogP contribution in [0.15, 0.2) is 6.07 Å². The van der Waals surface area contributed by atoms with Crippen LogP contribution in [-0.4, -0.2) is 40.1 Å². The first-order valence-corrected chi connectivity index (χ1v) is 7.36. The van der Waals surface area contributed by atoms with Crippen LogP contribution < -0.4 is 10.6 Å². The lowest BCUT2D eigenvalue weighted by molar-refractivity contribution is 0.0692. The van der Waals surface area contributed by atoms with Gasteiger partial charge in [-0.2, -0.15) is 11.8 Å². The van der Waals surface area contributed by atoms with E-state index in [2.05, 4.69) is 15.6 Å². The van der Waals surface area contributed by atoms with Crippen LogP contribution in [-0.2, 0) is 0 Å². The number of carbonyl (C=O) groups excluding carboxylic acids is 1. The van der Waals surface area contributed by atoms with E-state index in [1.54, 1.807) is 24.8 Å². The summed E-state index contributed by atoms with van der Waals surface area (Å²) in [6.07, 6.45) is 2.80. The number of nitrogens with one attached hydrogen (secondary N) is 3. The summed E-state index contributed by atoms with van der Waals surface area (Å²) in [5, 5.41) is 14.4. The molecule has 0 aromatic carbocycles. The van der Waals surface area contributed by atoms with Gasteiger partial charge in [0.15, 0.2) is 0 Å². The highest BCUT2D eigenvalue weighted by Crippen LogP contribution is 2.16. The Bertz CT molecular complexity index is 459. The van der Waals surface area contributed by atoms with Gasteiger partial charge in [0.1, 0.15) is 5.69 Å². The summed E-state index contributed by atoms with van der Waals surface area (Å²) in [6.45, 7) is 3.72. The summed E-state index contributed by atoms with van der Waals surface area (Å²) in [5.41, 5.74) is 0.955. The van der Waals surface area contributed by atoms with Gasteiger partial charge in [0.05, 0.1) is 5.69 Å². The van der Waals surface area contributed by atoms with Crippen molar-refractivity contribution in [2.24, 2.45) is 0 Å². The quantitative estimate of drug-likeness (QED) is 0.645. The molecular weight excluding hydrogens is 266 g/mol. The van der Waals surface area contributed by atoms with E-state index in [0.717, 1.165) is 12.2 Å². The van der Waals surface area contributed by atoms with Crippen molar-refractivity contribution in [1.82, 2.24) is 10.3 Å². The van der Waals surface area contributed by atoms with Gasteiger partial charge in [-0.25, -0.2) is 9.59 Å². The van der Waals surface area contributed by atoms with Gasteiger partial charge in [-0.1, -0.05) is 6.92 Å². The molecule has 1 atom stereocenters. The monoisotopic (exact) mass is 285 g/mol. The molecule has 1 unspecified atom stereocenters. The molecule has 4 N–H and O–H groups in total. The maximum atomic E-state index is 11.8. The van der Waals surface area contributed by atoms with E-state index in [9.17, 15) is 9.59 Å². The molecule has 1 heterocycles. The van der Waals surface area contributed by atoms with Gasteiger partial charge < -0.3 is 20.7 Å². The van der Waals surface area contributed by atoms with Crippen LogP contribution in [0.25, 0.3) is 0 Å². The molecule has 19 heavy (non-hydrogen) atoms. The number of carboxylic acids is 1. The minimum absolute atomic E-state index is 0.00874. The maximum Gasteiger partial charge on any atom is 0.354 e. The number of aromatic carboxylic acids is 1. The van der Waals surface area contributed by atoms with E-state index in [1.165, 1.54) is 0 Å². The zero-order chi connectivity index (χ0) is 14.4. The van der Waals surface area contributed by atoms with Gasteiger partial charge in [0.2, 0.25) is 0 Å². The van der Waals surface area contributed by atoms with Crippen molar-refractivity contribution in [2.45, 2.75) is 26.3 Å². The third-order valence-corrected chi connectivity index (χ3v) is 3.35. The van der Waals surface area contributed by atoms with E-state index in [-0.39, 0.29) is 23.5 Å². The molecule has 106 valence electrons. The summed E-state index contributed by atoms with van der Waals surface area (Å²) in [4.78, 5) is 25.5. The van der Waals surface area contributed by atoms with Crippen LogP contribution in [0.5, 0.6) is 0 Å². The molecule has 0 saturated carbocycles. The first-order valence-electron chi connectivity index (χ1n) is 5.97. The van der Waals surface area contributed by atoms with Gasteiger partial charge in [0, 0.05) is 17.5 Å². The molecular formula is C12H19N3O3S. The van der Waals surface area contributed by atoms with Crippen molar-refractivity contribution in [3.05, 3.63) is 17.5 Å². The summed E-state index contributed by atoms with van der Waals surface area (Å²) >= 11 is 1.65. The fourth-order valence-corrected chi connectivity index (χ4v) is 2.38. The highest BCUT2D eigenvalue weighted by molar-refractivity contribution is 7.98. The molecule has 0 aliphatic rings. The highest BCUT2D eigenvalue weighted by Gasteiger charge is 2.16. The van der Waals surface area contributed by atoms with Crippen molar-refractivity contribution in [1.29, 1.82) is 0 Å². The molecule has 0 bridgehead atoms. The largest absolute Gasteiger partial charge is 0.477 e. The predicted octanol–water partition coefficient (Wildman–Crippen LogP) is 2.28. The van der Waals surface area contributed by atoms with Gasteiger partial charge in [0.25, 0.3) is 0 Å². The highest BCUT2D eigenvalue weighted by atomic mass is 32.2. The Morgan fingerprint density at radius 1 is 1.53 bits per heavy atom. The lowest BCUT2D eigenvalue weighted by atomic mass is 10.2. The Hall–Kier alpha value is -1.63. The smallest absolute Gasteiger partial charge is 0.354 e. The summed E-state index contributed by atoms with van der Waals surface area (Å²) in [6, 6.07) is 1.28. The maximum absolute atomic E-state index is 11.8. The number of carboxylic acid groups (broad SMARTS) is 1. The van der Waals surface area contributed by atoms with Gasteiger partial charge >= 0.3 is 12.0 Å². The number of rotatable bonds is 6. The zero-order valence-electron chi connectivity index (χ0n) is 11.2. The molecule has 7 heteroatoms. The Balaban J connectivity index is 2.69. The Morgan fingerprint density at radius 2 is 2.21 bits per heavy atom. The molecule has 1 rings (SSSR count). The normalized spacial score (nSPS) is 11.9. The molecule has 1 aromatic rings. The standard InChI is InChI=1S/C12H19N3O3S/c1-4-8(6-19-3)14-12(18)15-9-5-7(2)13-10(9)11(16)17/h5,8,13H,4,6H2,1-3H3,(H,16,17)(H2,14,15,18). The lowest BCUT2D eigenvalue weighted by Crippen LogP contribution is -2.39. The molecule has 0 spiro atoms. The van der Waals surface area contributed by atoms with Gasteiger partial charge in [-0.3, -0.25) is 0 Å². The average molecular weight is 285 g/mol. The van der Waals surface area contributed by atoms with E-state index in [1.807, 2.05) is 13.2 Å². The zero-order valence-corrected chi connectivity index (χ0v) is 12.1. The third-order valence-electron chi connectivity index (χ3n) is 2.61. The topological polar surface area (TPSA) is 94.2 Å². The number of hydrogen-bond donors (Lipinski definition) is 4. The first-order chi connectivity index (χ1) is 8.97. The molecule has 0 fully saturated rings. The number of anilines is 1. The molecule has 2 amide bonds. The predicted molar refractivity (Wildman–Crippen MR) is 77.1 cm³/mol. The Labute approximate surface area is 116 Å². The minimum atomic E-state index is -1.10. The Kier molecular flexibility index (Phi) is 5.75. The molecule has 0 aliphatic carbocycles. The van der Waals surface area contributed by atoms with Crippen LogP contribution in [0.3, 0.4) is 0 Å². The second-order valence-electron chi connectivity index (χ2n) is 4.21. The van der Waals surface area contributed by atoms with E-state index in [4.69, 9.17) is 5.11 Å². The van der Waals surface area contributed by atoms with Crippen molar-refractivity contribution in [3.8, 4) is 0 Å². The van der Waals surface area contributed by atoms with Crippen LogP contribution >= 0.6 is 11.8 Å². The fourth-order valence-electron chi connectivity index (χ4n) is 1.66.